The Balaban J connectivity index is 0.00000280. The monoisotopic (exact) mass is 467 g/mol. The van der Waals surface area contributed by atoms with Gasteiger partial charge in [0.05, 0.1) is 11.0 Å². The summed E-state index contributed by atoms with van der Waals surface area (Å²) in [6.07, 6.45) is 5.33. The zero-order chi connectivity index (χ0) is 19.2. The number of nitrogens with one attached hydrogen (secondary N) is 1. The molecule has 1 N–H and O–H groups in total. The van der Waals surface area contributed by atoms with Crippen LogP contribution in [0.25, 0.3) is 0 Å². The van der Waals surface area contributed by atoms with Gasteiger partial charge in [0.2, 0.25) is 0 Å². The quantitative estimate of drug-likeness (QED) is 0.599. The van der Waals surface area contributed by atoms with E-state index in [0.29, 0.717) is 25.3 Å². The normalized spacial score (nSPS) is 13.1. The molecule has 2 amide bonds. The van der Waals surface area contributed by atoms with E-state index in [1.54, 1.807) is 4.90 Å². The summed E-state index contributed by atoms with van der Waals surface area (Å²) in [5.74, 6) is -0.145. The van der Waals surface area contributed by atoms with Crippen LogP contribution in [0.2, 0.25) is 0 Å². The summed E-state index contributed by atoms with van der Waals surface area (Å²) >= 11 is 3.46. The smallest absolute Gasteiger partial charge is 0.409 e. The van der Waals surface area contributed by atoms with Crippen molar-refractivity contribution in [1.29, 1.82) is 0 Å². The number of hydrogen-bond donors (Lipinski definition) is 1. The topological polar surface area (TPSA) is 62.5 Å². The van der Waals surface area contributed by atoms with Crippen molar-refractivity contribution < 1.29 is 31.3 Å². The van der Waals surface area contributed by atoms with Crippen LogP contribution in [-0.4, -0.2) is 36.6 Å². The van der Waals surface area contributed by atoms with Crippen molar-refractivity contribution in [3.05, 3.63) is 58.3 Å². The molecule has 8 heteroatoms. The van der Waals surface area contributed by atoms with Crippen molar-refractivity contribution in [2.24, 2.45) is 0 Å². The zero-order valence-electron chi connectivity index (χ0n) is 15.7. The molecule has 1 saturated heterocycles. The molecule has 2 aromatic rings. The number of pyridine rings is 1. The van der Waals surface area contributed by atoms with Crippen LogP contribution >= 0.6 is 15.9 Å². The molecule has 0 saturated carbocycles. The molecule has 0 unspecified atom stereocenters. The summed E-state index contributed by atoms with van der Waals surface area (Å²) in [7, 11) is 0. The number of amides is 2. The summed E-state index contributed by atoms with van der Waals surface area (Å²) in [5.41, 5.74) is 2.46. The van der Waals surface area contributed by atoms with Crippen LogP contribution in [0, 0.1) is 0 Å². The minimum Gasteiger partial charge on any atom is -1.00 e. The Morgan fingerprint density at radius 3 is 2.68 bits per heavy atom. The minimum atomic E-state index is -0.242. The molecule has 1 aromatic heterocycles. The Morgan fingerprint density at radius 2 is 2.04 bits per heavy atom. The van der Waals surface area contributed by atoms with Crippen molar-refractivity contribution in [1.82, 2.24) is 4.90 Å². The van der Waals surface area contributed by atoms with Crippen molar-refractivity contribution in [3.8, 4) is 0 Å². The highest BCUT2D eigenvalue weighted by Gasteiger charge is 2.21. The van der Waals surface area contributed by atoms with E-state index >= 15 is 0 Å². The molecule has 1 aliphatic rings. The molecule has 150 valence electrons. The summed E-state index contributed by atoms with van der Waals surface area (Å²) in [6, 6.07) is 9.51. The van der Waals surface area contributed by atoms with E-state index in [2.05, 4.69) is 28.2 Å². The van der Waals surface area contributed by atoms with Gasteiger partial charge in [-0.15, -0.1) is 0 Å². The zero-order valence-corrected chi connectivity index (χ0v) is 18.0. The number of cyclic esters (lactones) is 1. The molecule has 1 aliphatic heterocycles. The molecule has 0 aliphatic carbocycles. The lowest BCUT2D eigenvalue weighted by atomic mass is 10.1. The molecule has 3 rings (SSSR count). The highest BCUT2D eigenvalue weighted by atomic mass is 79.9. The fraction of sp³-hybridized carbons (Fsp3) is 0.350. The number of carbonyl (C=O) groups is 2. The van der Waals surface area contributed by atoms with Crippen molar-refractivity contribution in [3.63, 3.8) is 0 Å². The summed E-state index contributed by atoms with van der Waals surface area (Å²) in [4.78, 5) is 25.7. The number of rotatable bonds is 7. The van der Waals surface area contributed by atoms with Crippen LogP contribution in [0.4, 0.5) is 10.5 Å². The molecule has 28 heavy (non-hydrogen) atoms. The van der Waals surface area contributed by atoms with E-state index < -0.39 is 0 Å². The Kier molecular flexibility index (Phi) is 8.26. The van der Waals surface area contributed by atoms with Gasteiger partial charge in [-0.25, -0.2) is 9.36 Å². The lowest BCUT2D eigenvalue weighted by Crippen LogP contribution is -3.00. The van der Waals surface area contributed by atoms with E-state index in [-0.39, 0.29) is 24.4 Å². The molecule has 1 fully saturated rings. The number of aromatic nitrogens is 1. The standard InChI is InChI=1S/C20H22BrN3O3.ClH/c1-2-8-23-13-16(12-17(21)14-23)19(25)22-18-5-3-15(4-6-18)7-9-24-10-11-27-20(24)26;/h3-6,12-14H,2,7-11H2,1H3;1H. The highest BCUT2D eigenvalue weighted by molar-refractivity contribution is 9.10. The second-order valence-corrected chi connectivity index (χ2v) is 7.40. The summed E-state index contributed by atoms with van der Waals surface area (Å²) in [5, 5.41) is 2.93. The molecular formula is C20H23BrClN3O3. The number of halogens is 2. The fourth-order valence-corrected chi connectivity index (χ4v) is 3.47. The molecule has 0 spiro atoms. The average molecular weight is 469 g/mol. The highest BCUT2D eigenvalue weighted by Crippen LogP contribution is 2.14. The van der Waals surface area contributed by atoms with Crippen LogP contribution in [0.3, 0.4) is 0 Å². The fourth-order valence-electron chi connectivity index (χ4n) is 2.96. The van der Waals surface area contributed by atoms with Gasteiger partial charge in [0.25, 0.3) is 5.91 Å². The predicted molar refractivity (Wildman–Crippen MR) is 106 cm³/mol. The van der Waals surface area contributed by atoms with Gasteiger partial charge in [-0.1, -0.05) is 19.1 Å². The third-order valence-electron chi connectivity index (χ3n) is 4.36. The number of benzene rings is 1. The van der Waals surface area contributed by atoms with Crippen LogP contribution in [0.1, 0.15) is 29.3 Å². The van der Waals surface area contributed by atoms with Gasteiger partial charge in [-0.05, 0) is 46.1 Å². The maximum atomic E-state index is 12.5. The molecule has 6 nitrogen and oxygen atoms in total. The Hall–Kier alpha value is -2.12. The van der Waals surface area contributed by atoms with Crippen molar-refractivity contribution in [2.75, 3.05) is 25.0 Å². The first-order valence-corrected chi connectivity index (χ1v) is 9.86. The number of ether oxygens (including phenoxy) is 1. The Morgan fingerprint density at radius 1 is 1.29 bits per heavy atom. The third-order valence-corrected chi connectivity index (χ3v) is 4.79. The second kappa shape index (κ2) is 10.4. The third kappa shape index (κ3) is 5.94. The van der Waals surface area contributed by atoms with E-state index in [9.17, 15) is 9.59 Å². The lowest BCUT2D eigenvalue weighted by Gasteiger charge is -2.12. The van der Waals surface area contributed by atoms with Gasteiger partial charge in [-0.2, -0.15) is 0 Å². The van der Waals surface area contributed by atoms with E-state index in [0.717, 1.165) is 35.1 Å². The first-order chi connectivity index (χ1) is 13.0. The maximum absolute atomic E-state index is 12.5. The molecule has 0 atom stereocenters. The van der Waals surface area contributed by atoms with E-state index in [1.165, 1.54) is 0 Å². The number of anilines is 1. The van der Waals surface area contributed by atoms with Gasteiger partial charge in [-0.3, -0.25) is 4.79 Å². The number of aryl methyl sites for hydroxylation is 1. The maximum Gasteiger partial charge on any atom is 0.409 e. The average Bonchev–Trinajstić information content (AvgIpc) is 3.06. The molecule has 0 bridgehead atoms. The van der Waals surface area contributed by atoms with Gasteiger partial charge in [0.1, 0.15) is 18.7 Å². The van der Waals surface area contributed by atoms with Gasteiger partial charge in [0.15, 0.2) is 12.4 Å². The van der Waals surface area contributed by atoms with Crippen molar-refractivity contribution in [2.45, 2.75) is 26.3 Å². The van der Waals surface area contributed by atoms with Crippen LogP contribution in [0.15, 0.2) is 47.2 Å². The minimum absolute atomic E-state index is 0. The van der Waals surface area contributed by atoms with Crippen LogP contribution in [-0.2, 0) is 17.7 Å². The molecular weight excluding hydrogens is 446 g/mol. The largest absolute Gasteiger partial charge is 1.00 e. The second-order valence-electron chi connectivity index (χ2n) is 6.48. The van der Waals surface area contributed by atoms with Crippen LogP contribution < -0.4 is 22.3 Å². The van der Waals surface area contributed by atoms with Crippen LogP contribution in [0.5, 0.6) is 0 Å². The lowest BCUT2D eigenvalue weighted by molar-refractivity contribution is -0.697. The summed E-state index contributed by atoms with van der Waals surface area (Å²) in [6.45, 7) is 4.72. The Bertz CT molecular complexity index is 830. The van der Waals surface area contributed by atoms with Gasteiger partial charge >= 0.3 is 6.09 Å². The first kappa shape index (κ1) is 22.2. The van der Waals surface area contributed by atoms with E-state index in [4.69, 9.17) is 4.74 Å². The predicted octanol–water partition coefficient (Wildman–Crippen LogP) is 0.398. The van der Waals surface area contributed by atoms with Crippen molar-refractivity contribution >= 4 is 33.6 Å². The number of carbonyl (C=O) groups excluding carboxylic acids is 2. The molecule has 2 heterocycles. The summed E-state index contributed by atoms with van der Waals surface area (Å²) < 4.78 is 7.81. The Labute approximate surface area is 179 Å². The molecule has 1 aromatic carbocycles. The number of nitrogens with zero attached hydrogens (tertiary/aromatic N) is 2. The van der Waals surface area contributed by atoms with Gasteiger partial charge in [0, 0.05) is 18.7 Å². The van der Waals surface area contributed by atoms with E-state index in [1.807, 2.05) is 47.3 Å². The molecule has 0 radical (unpaired) electrons. The first-order valence-electron chi connectivity index (χ1n) is 9.07. The van der Waals surface area contributed by atoms with Gasteiger partial charge < -0.3 is 27.4 Å². The SMILES string of the molecule is CCC[n+]1cc(Br)cc(C(=O)Nc2ccc(CCN3CCOC3=O)cc2)c1.[Cl-]. The number of hydrogen-bond acceptors (Lipinski definition) is 3.